The lowest BCUT2D eigenvalue weighted by Gasteiger charge is -2.34. The van der Waals surface area contributed by atoms with E-state index in [1.165, 1.54) is 0 Å². The van der Waals surface area contributed by atoms with Crippen molar-refractivity contribution < 1.29 is 14.6 Å². The number of carboxylic acid groups (broad SMARTS) is 1. The highest BCUT2D eigenvalue weighted by molar-refractivity contribution is 5.79. The molecule has 1 saturated heterocycles. The zero-order valence-electron chi connectivity index (χ0n) is 10.5. The van der Waals surface area contributed by atoms with E-state index in [4.69, 9.17) is 4.74 Å². The van der Waals surface area contributed by atoms with Crippen LogP contribution in [0.15, 0.2) is 24.5 Å². The topological polar surface area (TPSA) is 62.7 Å². The van der Waals surface area contributed by atoms with Gasteiger partial charge in [-0.05, 0) is 37.1 Å². The number of aromatic nitrogens is 1. The Balaban J connectivity index is 2.18. The van der Waals surface area contributed by atoms with Crippen molar-refractivity contribution in [3.05, 3.63) is 30.1 Å². The molecule has 1 aliphatic heterocycles. The lowest BCUT2D eigenvalue weighted by Crippen LogP contribution is -2.53. The Hall–Kier alpha value is -1.46. The number of methoxy groups -OCH3 is 1. The molecule has 1 aliphatic rings. The second-order valence-corrected chi connectivity index (χ2v) is 4.65. The van der Waals surface area contributed by atoms with Gasteiger partial charge >= 0.3 is 5.97 Å². The van der Waals surface area contributed by atoms with E-state index in [9.17, 15) is 9.90 Å². The van der Waals surface area contributed by atoms with Gasteiger partial charge in [0.2, 0.25) is 0 Å². The molecule has 5 nitrogen and oxygen atoms in total. The monoisotopic (exact) mass is 250 g/mol. The molecule has 0 spiro atoms. The molecule has 2 rings (SSSR count). The van der Waals surface area contributed by atoms with E-state index in [0.29, 0.717) is 13.0 Å². The second kappa shape index (κ2) is 5.46. The van der Waals surface area contributed by atoms with E-state index in [0.717, 1.165) is 18.5 Å². The Morgan fingerprint density at radius 1 is 1.56 bits per heavy atom. The Labute approximate surface area is 106 Å². The van der Waals surface area contributed by atoms with Crippen LogP contribution >= 0.6 is 0 Å². The molecule has 0 radical (unpaired) electrons. The van der Waals surface area contributed by atoms with Crippen LogP contribution in [0.4, 0.5) is 0 Å². The van der Waals surface area contributed by atoms with Crippen molar-refractivity contribution in [2.45, 2.75) is 24.9 Å². The van der Waals surface area contributed by atoms with Gasteiger partial charge in [-0.1, -0.05) is 0 Å². The number of nitrogens with zero attached hydrogens (tertiary/aromatic N) is 2. The minimum Gasteiger partial charge on any atom is -0.480 e. The molecule has 0 aliphatic carbocycles. The fourth-order valence-corrected chi connectivity index (χ4v) is 2.58. The molecular formula is C13H18N2O3. The van der Waals surface area contributed by atoms with Gasteiger partial charge in [-0.2, -0.15) is 0 Å². The van der Waals surface area contributed by atoms with Crippen molar-refractivity contribution in [1.29, 1.82) is 0 Å². The van der Waals surface area contributed by atoms with Crippen LogP contribution < -0.4 is 0 Å². The number of pyridine rings is 1. The molecule has 0 amide bonds. The number of likely N-dealkylation sites (tertiary alicyclic amines) is 1. The predicted molar refractivity (Wildman–Crippen MR) is 66.1 cm³/mol. The third-order valence-corrected chi connectivity index (χ3v) is 3.53. The molecule has 0 aromatic carbocycles. The average Bonchev–Trinajstić information content (AvgIpc) is 2.75. The maximum absolute atomic E-state index is 11.6. The van der Waals surface area contributed by atoms with Gasteiger partial charge < -0.3 is 9.84 Å². The molecular weight excluding hydrogens is 232 g/mol. The number of ether oxygens (including phenoxy) is 1. The van der Waals surface area contributed by atoms with E-state index in [1.807, 2.05) is 17.0 Å². The van der Waals surface area contributed by atoms with Crippen molar-refractivity contribution in [3.8, 4) is 0 Å². The van der Waals surface area contributed by atoms with Crippen molar-refractivity contribution in [2.24, 2.45) is 0 Å². The zero-order chi connectivity index (χ0) is 13.0. The van der Waals surface area contributed by atoms with Gasteiger partial charge in [0.25, 0.3) is 0 Å². The Bertz CT molecular complexity index is 410. The summed E-state index contributed by atoms with van der Waals surface area (Å²) in [5.74, 6) is -0.795. The van der Waals surface area contributed by atoms with Crippen LogP contribution in [0.5, 0.6) is 0 Å². The van der Waals surface area contributed by atoms with Crippen molar-refractivity contribution in [1.82, 2.24) is 9.88 Å². The zero-order valence-corrected chi connectivity index (χ0v) is 10.5. The van der Waals surface area contributed by atoms with Crippen LogP contribution in [0.3, 0.4) is 0 Å². The third kappa shape index (κ3) is 2.37. The van der Waals surface area contributed by atoms with Gasteiger partial charge in [-0.3, -0.25) is 14.7 Å². The fourth-order valence-electron chi connectivity index (χ4n) is 2.58. The first-order valence-electron chi connectivity index (χ1n) is 6.05. The number of rotatable bonds is 5. The summed E-state index contributed by atoms with van der Waals surface area (Å²) in [5, 5.41) is 9.51. The molecule has 5 heteroatoms. The summed E-state index contributed by atoms with van der Waals surface area (Å²) in [7, 11) is 1.55. The summed E-state index contributed by atoms with van der Waals surface area (Å²) in [6.07, 6.45) is 4.98. The first kappa shape index (κ1) is 13.0. The van der Waals surface area contributed by atoms with Gasteiger partial charge in [0.05, 0.1) is 6.61 Å². The highest BCUT2D eigenvalue weighted by Crippen LogP contribution is 2.31. The third-order valence-electron chi connectivity index (χ3n) is 3.53. The van der Waals surface area contributed by atoms with E-state index in [-0.39, 0.29) is 6.61 Å². The molecule has 1 unspecified atom stereocenters. The number of carboxylic acids is 1. The number of carbonyl (C=O) groups is 1. The molecule has 18 heavy (non-hydrogen) atoms. The molecule has 1 N–H and O–H groups in total. The smallest absolute Gasteiger partial charge is 0.326 e. The van der Waals surface area contributed by atoms with Gasteiger partial charge in [0, 0.05) is 26.0 Å². The number of aliphatic carboxylic acids is 1. The summed E-state index contributed by atoms with van der Waals surface area (Å²) >= 11 is 0. The largest absolute Gasteiger partial charge is 0.480 e. The van der Waals surface area contributed by atoms with Crippen LogP contribution in [-0.4, -0.2) is 46.8 Å². The van der Waals surface area contributed by atoms with Crippen molar-refractivity contribution >= 4 is 5.97 Å². The normalized spacial score (nSPS) is 24.3. The predicted octanol–water partition coefficient (Wildman–Crippen LogP) is 1.15. The van der Waals surface area contributed by atoms with E-state index < -0.39 is 11.5 Å². The summed E-state index contributed by atoms with van der Waals surface area (Å²) < 4.78 is 5.12. The Morgan fingerprint density at radius 3 is 2.89 bits per heavy atom. The molecule has 1 aromatic rings. The quantitative estimate of drug-likeness (QED) is 0.849. The van der Waals surface area contributed by atoms with Gasteiger partial charge in [0.1, 0.15) is 5.54 Å². The van der Waals surface area contributed by atoms with E-state index >= 15 is 0 Å². The highest BCUT2D eigenvalue weighted by Gasteiger charge is 2.47. The van der Waals surface area contributed by atoms with Crippen LogP contribution in [-0.2, 0) is 16.1 Å². The van der Waals surface area contributed by atoms with Crippen LogP contribution in [0.1, 0.15) is 18.4 Å². The minimum atomic E-state index is -0.877. The maximum atomic E-state index is 11.6. The number of hydrogen-bond donors (Lipinski definition) is 1. The first-order valence-corrected chi connectivity index (χ1v) is 6.05. The van der Waals surface area contributed by atoms with Crippen molar-refractivity contribution in [2.75, 3.05) is 20.3 Å². The van der Waals surface area contributed by atoms with Crippen LogP contribution in [0, 0.1) is 0 Å². The van der Waals surface area contributed by atoms with Crippen molar-refractivity contribution in [3.63, 3.8) is 0 Å². The SMILES string of the molecule is COCC1(C(=O)O)CCCN1Cc1ccncc1. The van der Waals surface area contributed by atoms with Crippen LogP contribution in [0.25, 0.3) is 0 Å². The second-order valence-electron chi connectivity index (χ2n) is 4.65. The number of hydrogen-bond acceptors (Lipinski definition) is 4. The molecule has 1 aromatic heterocycles. The molecule has 98 valence electrons. The highest BCUT2D eigenvalue weighted by atomic mass is 16.5. The van der Waals surface area contributed by atoms with E-state index in [1.54, 1.807) is 19.5 Å². The Kier molecular flexibility index (Phi) is 3.93. The standard InChI is InChI=1S/C13H18N2O3/c1-18-10-13(12(16)17)5-2-8-15(13)9-11-3-6-14-7-4-11/h3-4,6-7H,2,5,8-10H2,1H3,(H,16,17). The molecule has 0 bridgehead atoms. The molecule has 2 heterocycles. The van der Waals surface area contributed by atoms with Gasteiger partial charge in [-0.25, -0.2) is 0 Å². The van der Waals surface area contributed by atoms with E-state index in [2.05, 4.69) is 4.98 Å². The molecule has 1 fully saturated rings. The molecule has 0 saturated carbocycles. The first-order chi connectivity index (χ1) is 8.69. The lowest BCUT2D eigenvalue weighted by atomic mass is 9.97. The molecule has 1 atom stereocenters. The summed E-state index contributed by atoms with van der Waals surface area (Å²) in [4.78, 5) is 17.5. The maximum Gasteiger partial charge on any atom is 0.326 e. The Morgan fingerprint density at radius 2 is 2.28 bits per heavy atom. The lowest BCUT2D eigenvalue weighted by molar-refractivity contribution is -0.153. The summed E-state index contributed by atoms with van der Waals surface area (Å²) in [6, 6.07) is 3.83. The summed E-state index contributed by atoms with van der Waals surface area (Å²) in [6.45, 7) is 1.64. The summed E-state index contributed by atoms with van der Waals surface area (Å²) in [5.41, 5.74) is 0.200. The van der Waals surface area contributed by atoms with Gasteiger partial charge in [0.15, 0.2) is 0 Å². The minimum absolute atomic E-state index is 0.230. The van der Waals surface area contributed by atoms with Gasteiger partial charge in [-0.15, -0.1) is 0 Å². The fraction of sp³-hybridized carbons (Fsp3) is 0.538. The van der Waals surface area contributed by atoms with Crippen LogP contribution in [0.2, 0.25) is 0 Å². The average molecular weight is 250 g/mol.